The Morgan fingerprint density at radius 1 is 0.886 bits per heavy atom. The van der Waals surface area contributed by atoms with Crippen LogP contribution in [0.15, 0.2) is 71.9 Å². The number of aryl methyl sites for hydroxylation is 4. The van der Waals surface area contributed by atoms with Crippen molar-refractivity contribution < 1.29 is 4.79 Å². The van der Waals surface area contributed by atoms with Gasteiger partial charge in [0.05, 0.1) is 11.8 Å². The second-order valence-corrected chi connectivity index (χ2v) is 10.1. The highest BCUT2D eigenvalue weighted by molar-refractivity contribution is 8.00. The minimum Gasteiger partial charge on any atom is -0.378 e. The molecule has 4 rings (SSSR count). The van der Waals surface area contributed by atoms with Crippen LogP contribution in [0.25, 0.3) is 5.69 Å². The summed E-state index contributed by atoms with van der Waals surface area (Å²) in [5.74, 6) is 0.712. The average molecular weight is 486 g/mol. The number of aromatic nitrogens is 3. The summed E-state index contributed by atoms with van der Waals surface area (Å²) in [6, 6.07) is 22.5. The third kappa shape index (κ3) is 5.92. The van der Waals surface area contributed by atoms with Crippen molar-refractivity contribution in [2.45, 2.75) is 51.6 Å². The van der Waals surface area contributed by atoms with Crippen molar-refractivity contribution >= 4 is 29.0 Å². The number of amides is 1. The van der Waals surface area contributed by atoms with Crippen LogP contribution in [0, 0.1) is 27.7 Å². The molecule has 0 saturated heterocycles. The molecule has 0 aliphatic heterocycles. The summed E-state index contributed by atoms with van der Waals surface area (Å²) in [4.78, 5) is 13.1. The maximum atomic E-state index is 13.1. The molecule has 0 aliphatic rings. The molecule has 0 unspecified atom stereocenters. The van der Waals surface area contributed by atoms with E-state index in [1.165, 1.54) is 22.9 Å². The number of hydrogen-bond donors (Lipinski definition) is 2. The number of carbonyl (C=O) groups is 1. The fourth-order valence-electron chi connectivity index (χ4n) is 3.74. The molecule has 35 heavy (non-hydrogen) atoms. The smallest absolute Gasteiger partial charge is 0.237 e. The number of nitrogens with zero attached hydrogens (tertiary/aromatic N) is 3. The van der Waals surface area contributed by atoms with E-state index in [1.54, 1.807) is 0 Å². The van der Waals surface area contributed by atoms with Crippen LogP contribution >= 0.6 is 11.8 Å². The molecule has 0 fully saturated rings. The average Bonchev–Trinajstić information content (AvgIpc) is 3.23. The molecule has 0 aliphatic carbocycles. The van der Waals surface area contributed by atoms with E-state index in [2.05, 4.69) is 83.2 Å². The Balaban J connectivity index is 1.57. The van der Waals surface area contributed by atoms with Crippen LogP contribution in [0.4, 0.5) is 11.4 Å². The number of nitrogens with one attached hydrogen (secondary N) is 2. The summed E-state index contributed by atoms with van der Waals surface area (Å²) < 4.78 is 2.02. The zero-order valence-electron chi connectivity index (χ0n) is 20.8. The van der Waals surface area contributed by atoms with Gasteiger partial charge in [-0.05, 0) is 70.0 Å². The molecule has 6 nitrogen and oxygen atoms in total. The molecule has 0 radical (unpaired) electrons. The lowest BCUT2D eigenvalue weighted by Crippen LogP contribution is -2.24. The number of carbonyl (C=O) groups excluding carboxylic acids is 1. The summed E-state index contributed by atoms with van der Waals surface area (Å²) in [7, 11) is 0. The lowest BCUT2D eigenvalue weighted by Gasteiger charge is -2.16. The van der Waals surface area contributed by atoms with E-state index in [-0.39, 0.29) is 11.2 Å². The molecule has 0 spiro atoms. The van der Waals surface area contributed by atoms with Gasteiger partial charge in [0.15, 0.2) is 11.0 Å². The molecule has 1 amide bonds. The van der Waals surface area contributed by atoms with Crippen molar-refractivity contribution in [3.8, 4) is 5.69 Å². The Labute approximate surface area is 211 Å². The van der Waals surface area contributed by atoms with E-state index < -0.39 is 0 Å². The molecule has 2 N–H and O–H groups in total. The van der Waals surface area contributed by atoms with Crippen molar-refractivity contribution in [2.24, 2.45) is 0 Å². The molecule has 180 valence electrons. The highest BCUT2D eigenvalue weighted by atomic mass is 32.2. The van der Waals surface area contributed by atoms with E-state index >= 15 is 0 Å². The van der Waals surface area contributed by atoms with E-state index in [0.717, 1.165) is 34.0 Å². The molecule has 0 bridgehead atoms. The highest BCUT2D eigenvalue weighted by Gasteiger charge is 2.22. The van der Waals surface area contributed by atoms with E-state index in [1.807, 2.05) is 43.5 Å². The predicted octanol–water partition coefficient (Wildman–Crippen LogP) is 6.23. The summed E-state index contributed by atoms with van der Waals surface area (Å²) in [6.07, 6.45) is 0. The molecule has 1 aromatic heterocycles. The molecule has 0 saturated carbocycles. The van der Waals surface area contributed by atoms with Gasteiger partial charge in [-0.15, -0.1) is 10.2 Å². The lowest BCUT2D eigenvalue weighted by atomic mass is 10.1. The zero-order chi connectivity index (χ0) is 24.9. The second kappa shape index (κ2) is 10.8. The molecule has 1 atom stereocenters. The van der Waals surface area contributed by atoms with Crippen molar-refractivity contribution in [1.82, 2.24) is 14.8 Å². The number of rotatable bonds is 8. The summed E-state index contributed by atoms with van der Waals surface area (Å²) in [5, 5.41) is 15.8. The first-order chi connectivity index (χ1) is 16.8. The number of para-hydroxylation sites is 1. The van der Waals surface area contributed by atoms with Crippen molar-refractivity contribution in [3.05, 3.63) is 94.8 Å². The van der Waals surface area contributed by atoms with Crippen LogP contribution in [0.5, 0.6) is 0 Å². The molecular formula is C28H31N5OS. The number of hydrogen-bond acceptors (Lipinski definition) is 5. The Morgan fingerprint density at radius 2 is 1.49 bits per heavy atom. The second-order valence-electron chi connectivity index (χ2n) is 8.81. The van der Waals surface area contributed by atoms with Crippen LogP contribution in [-0.2, 0) is 11.3 Å². The van der Waals surface area contributed by atoms with E-state index in [9.17, 15) is 4.79 Å². The third-order valence-electron chi connectivity index (χ3n) is 5.88. The number of thioether (sulfide) groups is 1. The normalized spacial score (nSPS) is 11.8. The minimum absolute atomic E-state index is 0.0646. The van der Waals surface area contributed by atoms with Gasteiger partial charge >= 0.3 is 0 Å². The molecular weight excluding hydrogens is 454 g/mol. The van der Waals surface area contributed by atoms with Crippen molar-refractivity contribution in [2.75, 3.05) is 10.6 Å². The van der Waals surface area contributed by atoms with Crippen molar-refractivity contribution in [1.29, 1.82) is 0 Å². The SMILES string of the molecule is Cc1ccc(NCc2nnc(S[C@H](C)C(=O)Nc3c(C)cccc3C)n2-c2ccc(C)cc2)cc1. The Bertz CT molecular complexity index is 1290. The summed E-state index contributed by atoms with van der Waals surface area (Å²) in [6.45, 7) is 10.5. The molecule has 1 heterocycles. The van der Waals surface area contributed by atoms with Gasteiger partial charge in [-0.3, -0.25) is 9.36 Å². The van der Waals surface area contributed by atoms with Gasteiger partial charge in [-0.2, -0.15) is 0 Å². The predicted molar refractivity (Wildman–Crippen MR) is 144 cm³/mol. The third-order valence-corrected chi connectivity index (χ3v) is 6.92. The summed E-state index contributed by atoms with van der Waals surface area (Å²) in [5.41, 5.74) is 7.33. The van der Waals surface area contributed by atoms with Crippen LogP contribution in [-0.4, -0.2) is 25.9 Å². The first-order valence-electron chi connectivity index (χ1n) is 11.7. The van der Waals surface area contributed by atoms with Gasteiger partial charge in [-0.1, -0.05) is 65.4 Å². The highest BCUT2D eigenvalue weighted by Crippen LogP contribution is 2.28. The topological polar surface area (TPSA) is 71.8 Å². The molecule has 3 aromatic carbocycles. The number of anilines is 2. The fraction of sp³-hybridized carbons (Fsp3) is 0.250. The largest absolute Gasteiger partial charge is 0.378 e. The first kappa shape index (κ1) is 24.5. The van der Waals surface area contributed by atoms with Gasteiger partial charge in [-0.25, -0.2) is 0 Å². The Morgan fingerprint density at radius 3 is 2.11 bits per heavy atom. The fourth-order valence-corrected chi connectivity index (χ4v) is 4.63. The Kier molecular flexibility index (Phi) is 7.56. The van der Waals surface area contributed by atoms with Gasteiger partial charge < -0.3 is 10.6 Å². The van der Waals surface area contributed by atoms with Gasteiger partial charge in [0, 0.05) is 17.1 Å². The summed E-state index contributed by atoms with van der Waals surface area (Å²) >= 11 is 1.40. The van der Waals surface area contributed by atoms with Crippen molar-refractivity contribution in [3.63, 3.8) is 0 Å². The zero-order valence-corrected chi connectivity index (χ0v) is 21.6. The quantitative estimate of drug-likeness (QED) is 0.289. The maximum Gasteiger partial charge on any atom is 0.237 e. The van der Waals surface area contributed by atoms with Crippen LogP contribution in [0.1, 0.15) is 35.0 Å². The minimum atomic E-state index is -0.361. The standard InChI is InChI=1S/C28H31N5OS/c1-18-9-13-23(14-10-18)29-17-25-31-32-28(33(25)24-15-11-19(2)12-16-24)35-22(5)27(34)30-26-20(3)7-6-8-21(26)4/h6-16,22,29H,17H2,1-5H3,(H,30,34)/t22-/m1/s1. The maximum absolute atomic E-state index is 13.1. The van der Waals surface area contributed by atoms with Crippen LogP contribution in [0.2, 0.25) is 0 Å². The van der Waals surface area contributed by atoms with E-state index in [4.69, 9.17) is 0 Å². The first-order valence-corrected chi connectivity index (χ1v) is 12.6. The van der Waals surface area contributed by atoms with Gasteiger partial charge in [0.25, 0.3) is 0 Å². The van der Waals surface area contributed by atoms with Crippen LogP contribution < -0.4 is 10.6 Å². The lowest BCUT2D eigenvalue weighted by molar-refractivity contribution is -0.115. The van der Waals surface area contributed by atoms with Crippen LogP contribution in [0.3, 0.4) is 0 Å². The van der Waals surface area contributed by atoms with Gasteiger partial charge in [0.1, 0.15) is 0 Å². The van der Waals surface area contributed by atoms with E-state index in [0.29, 0.717) is 11.7 Å². The monoisotopic (exact) mass is 485 g/mol. The number of benzene rings is 3. The molecule has 4 aromatic rings. The Hall–Kier alpha value is -3.58. The molecule has 7 heteroatoms. The van der Waals surface area contributed by atoms with Gasteiger partial charge in [0.2, 0.25) is 5.91 Å².